The van der Waals surface area contributed by atoms with Gasteiger partial charge in [-0.1, -0.05) is 48.5 Å². The van der Waals surface area contributed by atoms with Crippen molar-refractivity contribution >= 4 is 34.1 Å². The highest BCUT2D eigenvalue weighted by atomic mass is 16.4. The zero-order chi connectivity index (χ0) is 17.4. The van der Waals surface area contributed by atoms with Crippen molar-refractivity contribution in [2.45, 2.75) is 12.3 Å². The molecule has 124 valence electrons. The average Bonchev–Trinajstić information content (AvgIpc) is 2.60. The molecule has 1 unspecified atom stereocenters. The van der Waals surface area contributed by atoms with E-state index in [2.05, 4.69) is 16.7 Å². The highest BCUT2D eigenvalue weighted by Gasteiger charge is 2.27. The van der Waals surface area contributed by atoms with Gasteiger partial charge >= 0.3 is 6.09 Å². The van der Waals surface area contributed by atoms with Crippen LogP contribution in [0.3, 0.4) is 0 Å². The highest BCUT2D eigenvalue weighted by Crippen LogP contribution is 2.41. The SMILES string of the molecule is O=C(O)Nc1cccc(C2CC(=O)Nc3c2ccc2ccccc32)c1. The van der Waals surface area contributed by atoms with E-state index in [-0.39, 0.29) is 11.8 Å². The van der Waals surface area contributed by atoms with E-state index in [0.29, 0.717) is 12.1 Å². The molecule has 0 spiro atoms. The summed E-state index contributed by atoms with van der Waals surface area (Å²) < 4.78 is 0. The Morgan fingerprint density at radius 2 is 1.92 bits per heavy atom. The Morgan fingerprint density at radius 3 is 2.76 bits per heavy atom. The second kappa shape index (κ2) is 5.94. The van der Waals surface area contributed by atoms with Gasteiger partial charge in [-0.15, -0.1) is 0 Å². The molecule has 2 amide bonds. The predicted molar refractivity (Wildman–Crippen MR) is 97.1 cm³/mol. The molecule has 1 heterocycles. The summed E-state index contributed by atoms with van der Waals surface area (Å²) in [6, 6.07) is 19.2. The predicted octanol–water partition coefficient (Wildman–Crippen LogP) is 4.40. The molecule has 1 aliphatic rings. The first kappa shape index (κ1) is 15.2. The van der Waals surface area contributed by atoms with E-state index in [1.54, 1.807) is 18.2 Å². The van der Waals surface area contributed by atoms with Crippen LogP contribution in [0.5, 0.6) is 0 Å². The minimum Gasteiger partial charge on any atom is -0.465 e. The summed E-state index contributed by atoms with van der Waals surface area (Å²) >= 11 is 0. The molecule has 0 aliphatic carbocycles. The topological polar surface area (TPSA) is 78.4 Å². The monoisotopic (exact) mass is 332 g/mol. The summed E-state index contributed by atoms with van der Waals surface area (Å²) in [6.07, 6.45) is -0.771. The van der Waals surface area contributed by atoms with Gasteiger partial charge in [-0.05, 0) is 28.6 Å². The van der Waals surface area contributed by atoms with Crippen molar-refractivity contribution in [3.63, 3.8) is 0 Å². The van der Waals surface area contributed by atoms with Crippen molar-refractivity contribution in [3.05, 3.63) is 71.8 Å². The van der Waals surface area contributed by atoms with E-state index in [0.717, 1.165) is 27.6 Å². The Bertz CT molecular complexity index is 997. The lowest BCUT2D eigenvalue weighted by molar-refractivity contribution is -0.116. The Balaban J connectivity index is 1.84. The van der Waals surface area contributed by atoms with Crippen molar-refractivity contribution < 1.29 is 14.7 Å². The quantitative estimate of drug-likeness (QED) is 0.650. The van der Waals surface area contributed by atoms with Crippen molar-refractivity contribution in [2.24, 2.45) is 0 Å². The second-order valence-corrected chi connectivity index (χ2v) is 6.11. The summed E-state index contributed by atoms with van der Waals surface area (Å²) in [5.41, 5.74) is 3.30. The van der Waals surface area contributed by atoms with Crippen molar-refractivity contribution in [1.82, 2.24) is 0 Å². The lowest BCUT2D eigenvalue weighted by atomic mass is 9.83. The van der Waals surface area contributed by atoms with Gasteiger partial charge in [0, 0.05) is 23.4 Å². The van der Waals surface area contributed by atoms with Gasteiger partial charge in [-0.2, -0.15) is 0 Å². The standard InChI is InChI=1S/C20H16N2O3/c23-18-11-17(13-5-3-6-14(10-13)21-20(24)25)16-9-8-12-4-1-2-7-15(12)19(16)22-18/h1-10,17,21H,11H2,(H,22,23)(H,24,25). The molecular formula is C20H16N2O3. The zero-order valence-corrected chi connectivity index (χ0v) is 13.3. The molecule has 0 radical (unpaired) electrons. The summed E-state index contributed by atoms with van der Waals surface area (Å²) in [6.45, 7) is 0. The number of fused-ring (bicyclic) bond motifs is 3. The molecule has 0 aromatic heterocycles. The number of nitrogens with one attached hydrogen (secondary N) is 2. The fourth-order valence-corrected chi connectivity index (χ4v) is 3.46. The van der Waals surface area contributed by atoms with Gasteiger partial charge in [-0.3, -0.25) is 10.1 Å². The van der Waals surface area contributed by atoms with Crippen LogP contribution < -0.4 is 10.6 Å². The van der Waals surface area contributed by atoms with Gasteiger partial charge < -0.3 is 10.4 Å². The summed E-state index contributed by atoms with van der Waals surface area (Å²) in [5.74, 6) is -0.144. The molecule has 1 aliphatic heterocycles. The fraction of sp³-hybridized carbons (Fsp3) is 0.100. The number of hydrogen-bond donors (Lipinski definition) is 3. The molecule has 5 heteroatoms. The largest absolute Gasteiger partial charge is 0.465 e. The van der Waals surface area contributed by atoms with Crippen LogP contribution in [0.25, 0.3) is 10.8 Å². The molecule has 0 saturated carbocycles. The lowest BCUT2D eigenvalue weighted by Gasteiger charge is -2.27. The summed E-state index contributed by atoms with van der Waals surface area (Å²) in [5, 5.41) is 16.4. The van der Waals surface area contributed by atoms with E-state index in [4.69, 9.17) is 5.11 Å². The van der Waals surface area contributed by atoms with Gasteiger partial charge in [0.25, 0.3) is 0 Å². The molecule has 3 aromatic rings. The number of amides is 2. The van der Waals surface area contributed by atoms with Crippen LogP contribution in [0.2, 0.25) is 0 Å². The van der Waals surface area contributed by atoms with Gasteiger partial charge in [-0.25, -0.2) is 4.79 Å². The Hall–Kier alpha value is -3.34. The van der Waals surface area contributed by atoms with E-state index in [1.807, 2.05) is 36.4 Å². The van der Waals surface area contributed by atoms with Gasteiger partial charge in [0.05, 0.1) is 5.69 Å². The summed E-state index contributed by atoms with van der Waals surface area (Å²) in [4.78, 5) is 23.2. The molecule has 5 nitrogen and oxygen atoms in total. The fourth-order valence-electron chi connectivity index (χ4n) is 3.46. The maximum atomic E-state index is 12.3. The van der Waals surface area contributed by atoms with Crippen LogP contribution in [-0.4, -0.2) is 17.1 Å². The third-order valence-electron chi connectivity index (χ3n) is 4.53. The van der Waals surface area contributed by atoms with Crippen LogP contribution in [0, 0.1) is 0 Å². The Morgan fingerprint density at radius 1 is 1.08 bits per heavy atom. The zero-order valence-electron chi connectivity index (χ0n) is 13.3. The number of anilines is 2. The van der Waals surface area contributed by atoms with Crippen LogP contribution in [0.15, 0.2) is 60.7 Å². The number of carboxylic acid groups (broad SMARTS) is 1. The van der Waals surface area contributed by atoms with Crippen molar-refractivity contribution in [2.75, 3.05) is 10.6 Å². The molecule has 0 bridgehead atoms. The minimum atomic E-state index is -1.11. The first-order chi connectivity index (χ1) is 12.1. The van der Waals surface area contributed by atoms with E-state index in [1.165, 1.54) is 0 Å². The van der Waals surface area contributed by atoms with Crippen LogP contribution in [-0.2, 0) is 4.79 Å². The maximum Gasteiger partial charge on any atom is 0.409 e. The molecule has 0 saturated heterocycles. The molecule has 25 heavy (non-hydrogen) atoms. The Kier molecular flexibility index (Phi) is 3.61. The first-order valence-electron chi connectivity index (χ1n) is 8.03. The number of benzene rings is 3. The smallest absolute Gasteiger partial charge is 0.409 e. The van der Waals surface area contributed by atoms with Gasteiger partial charge in [0.1, 0.15) is 0 Å². The number of hydrogen-bond acceptors (Lipinski definition) is 2. The minimum absolute atomic E-state index is 0.0366. The highest BCUT2D eigenvalue weighted by molar-refractivity contribution is 6.06. The normalized spacial score (nSPS) is 16.2. The number of carbonyl (C=O) groups excluding carboxylic acids is 1. The molecule has 0 fully saturated rings. The van der Waals surface area contributed by atoms with E-state index >= 15 is 0 Å². The van der Waals surface area contributed by atoms with Crippen LogP contribution in [0.4, 0.5) is 16.2 Å². The average molecular weight is 332 g/mol. The molecule has 3 aromatic carbocycles. The van der Waals surface area contributed by atoms with E-state index < -0.39 is 6.09 Å². The van der Waals surface area contributed by atoms with Gasteiger partial charge in [0.15, 0.2) is 0 Å². The second-order valence-electron chi connectivity index (χ2n) is 6.11. The van der Waals surface area contributed by atoms with Gasteiger partial charge in [0.2, 0.25) is 5.91 Å². The molecular weight excluding hydrogens is 316 g/mol. The van der Waals surface area contributed by atoms with Crippen LogP contribution >= 0.6 is 0 Å². The third kappa shape index (κ3) is 2.80. The lowest BCUT2D eigenvalue weighted by Crippen LogP contribution is -2.23. The number of carbonyl (C=O) groups is 2. The number of rotatable bonds is 2. The molecule has 1 atom stereocenters. The molecule has 3 N–H and O–H groups in total. The van der Waals surface area contributed by atoms with Crippen LogP contribution in [0.1, 0.15) is 23.5 Å². The summed E-state index contributed by atoms with van der Waals surface area (Å²) in [7, 11) is 0. The van der Waals surface area contributed by atoms with E-state index in [9.17, 15) is 9.59 Å². The van der Waals surface area contributed by atoms with Crippen molar-refractivity contribution in [3.8, 4) is 0 Å². The van der Waals surface area contributed by atoms with Crippen molar-refractivity contribution in [1.29, 1.82) is 0 Å². The maximum absolute atomic E-state index is 12.3. The first-order valence-corrected chi connectivity index (χ1v) is 8.03. The Labute approximate surface area is 144 Å². The third-order valence-corrected chi connectivity index (χ3v) is 4.53. The molecule has 4 rings (SSSR count).